The molecule has 2 N–H and O–H groups in total. The van der Waals surface area contributed by atoms with Crippen LogP contribution >= 0.6 is 0 Å². The predicted octanol–water partition coefficient (Wildman–Crippen LogP) is -0.694. The Morgan fingerprint density at radius 2 is 1.95 bits per heavy atom. The molecule has 1 aromatic heterocycles. The molecular formula is C12H23N5O2S. The Balaban J connectivity index is 2.10. The Bertz CT molecular complexity index is 560. The first kappa shape index (κ1) is 15.4. The second-order valence-corrected chi connectivity index (χ2v) is 7.24. The molecule has 0 spiro atoms. The largest absolute Gasteiger partial charge is 0.329 e. The van der Waals surface area contributed by atoms with Crippen molar-refractivity contribution in [3.63, 3.8) is 0 Å². The first-order valence-corrected chi connectivity index (χ1v) is 8.57. The molecule has 0 saturated carbocycles. The summed E-state index contributed by atoms with van der Waals surface area (Å²) < 4.78 is 26.4. The van der Waals surface area contributed by atoms with Gasteiger partial charge in [-0.25, -0.2) is 8.42 Å². The lowest BCUT2D eigenvalue weighted by Gasteiger charge is -2.37. The van der Waals surface area contributed by atoms with Crippen molar-refractivity contribution in [1.82, 2.24) is 19.0 Å². The van der Waals surface area contributed by atoms with Crippen molar-refractivity contribution in [2.75, 3.05) is 39.0 Å². The Morgan fingerprint density at radius 1 is 1.35 bits per heavy atom. The maximum Gasteiger partial charge on any atom is 0.211 e. The van der Waals surface area contributed by atoms with Crippen molar-refractivity contribution in [3.8, 4) is 0 Å². The first-order chi connectivity index (χ1) is 9.34. The Hall–Kier alpha value is -0.960. The zero-order valence-corrected chi connectivity index (χ0v) is 13.1. The van der Waals surface area contributed by atoms with E-state index >= 15 is 0 Å². The molecule has 20 heavy (non-hydrogen) atoms. The van der Waals surface area contributed by atoms with Gasteiger partial charge >= 0.3 is 0 Å². The van der Waals surface area contributed by atoms with Crippen LogP contribution in [0.15, 0.2) is 6.20 Å². The second kappa shape index (κ2) is 5.80. The van der Waals surface area contributed by atoms with Crippen LogP contribution in [-0.2, 0) is 17.1 Å². The molecule has 1 aliphatic heterocycles. The summed E-state index contributed by atoms with van der Waals surface area (Å²) in [7, 11) is -1.18. The van der Waals surface area contributed by atoms with Crippen molar-refractivity contribution >= 4 is 10.0 Å². The zero-order chi connectivity index (χ0) is 14.9. The minimum Gasteiger partial charge on any atom is -0.329 e. The summed E-state index contributed by atoms with van der Waals surface area (Å²) in [6.45, 7) is 4.97. The maximum absolute atomic E-state index is 11.5. The standard InChI is InChI=1S/C12H23N5O2S/c1-10-11(9-14-15(10)2)12(8-13)16-4-6-17(7-5-16)20(3,18)19/h9,12H,4-8,13H2,1-3H3. The fourth-order valence-electron chi connectivity index (χ4n) is 2.66. The van der Waals surface area contributed by atoms with E-state index in [1.165, 1.54) is 10.6 Å². The van der Waals surface area contributed by atoms with Gasteiger partial charge in [0.15, 0.2) is 0 Å². The van der Waals surface area contributed by atoms with E-state index in [-0.39, 0.29) is 6.04 Å². The zero-order valence-electron chi connectivity index (χ0n) is 12.3. The van der Waals surface area contributed by atoms with E-state index in [0.29, 0.717) is 32.7 Å². The lowest BCUT2D eigenvalue weighted by molar-refractivity contribution is 0.140. The highest BCUT2D eigenvalue weighted by Crippen LogP contribution is 2.24. The molecule has 0 aliphatic carbocycles. The molecule has 7 nitrogen and oxygen atoms in total. The van der Waals surface area contributed by atoms with Gasteiger partial charge in [0, 0.05) is 51.0 Å². The van der Waals surface area contributed by atoms with Gasteiger partial charge in [0.05, 0.1) is 18.5 Å². The summed E-state index contributed by atoms with van der Waals surface area (Å²) in [5, 5.41) is 4.26. The smallest absolute Gasteiger partial charge is 0.211 e. The van der Waals surface area contributed by atoms with Gasteiger partial charge in [0.25, 0.3) is 0 Å². The van der Waals surface area contributed by atoms with Gasteiger partial charge < -0.3 is 5.73 Å². The molecule has 2 heterocycles. The van der Waals surface area contributed by atoms with E-state index in [9.17, 15) is 8.42 Å². The Labute approximate surface area is 120 Å². The van der Waals surface area contributed by atoms with Crippen LogP contribution in [0.25, 0.3) is 0 Å². The summed E-state index contributed by atoms with van der Waals surface area (Å²) >= 11 is 0. The van der Waals surface area contributed by atoms with Crippen molar-refractivity contribution in [2.24, 2.45) is 12.8 Å². The quantitative estimate of drug-likeness (QED) is 0.795. The fourth-order valence-corrected chi connectivity index (χ4v) is 3.49. The topological polar surface area (TPSA) is 84.5 Å². The molecule has 1 unspecified atom stereocenters. The van der Waals surface area contributed by atoms with Crippen molar-refractivity contribution in [2.45, 2.75) is 13.0 Å². The van der Waals surface area contributed by atoms with Crippen LogP contribution in [0, 0.1) is 6.92 Å². The summed E-state index contributed by atoms with van der Waals surface area (Å²) in [6.07, 6.45) is 3.12. The van der Waals surface area contributed by atoms with Gasteiger partial charge in [-0.2, -0.15) is 9.40 Å². The van der Waals surface area contributed by atoms with Gasteiger partial charge in [-0.15, -0.1) is 0 Å². The monoisotopic (exact) mass is 301 g/mol. The summed E-state index contributed by atoms with van der Waals surface area (Å²) in [6, 6.07) is 0.102. The molecule has 1 saturated heterocycles. The maximum atomic E-state index is 11.5. The van der Waals surface area contributed by atoms with Crippen LogP contribution in [0.2, 0.25) is 0 Å². The molecule has 114 valence electrons. The lowest BCUT2D eigenvalue weighted by Crippen LogP contribution is -2.50. The average Bonchev–Trinajstić information content (AvgIpc) is 2.72. The SMILES string of the molecule is Cc1c(C(CN)N2CCN(S(C)(=O)=O)CC2)cnn1C. The molecule has 0 bridgehead atoms. The van der Waals surface area contributed by atoms with E-state index in [2.05, 4.69) is 10.00 Å². The van der Waals surface area contributed by atoms with Crippen LogP contribution in [-0.4, -0.2) is 66.4 Å². The highest BCUT2D eigenvalue weighted by Gasteiger charge is 2.29. The minimum absolute atomic E-state index is 0.102. The molecule has 0 aromatic carbocycles. The van der Waals surface area contributed by atoms with Crippen LogP contribution in [0.4, 0.5) is 0 Å². The number of aromatic nitrogens is 2. The summed E-state index contributed by atoms with van der Waals surface area (Å²) in [4.78, 5) is 2.24. The number of rotatable bonds is 4. The van der Waals surface area contributed by atoms with Gasteiger partial charge in [-0.05, 0) is 6.92 Å². The number of nitrogens with two attached hydrogens (primary N) is 1. The number of hydrogen-bond donors (Lipinski definition) is 1. The van der Waals surface area contributed by atoms with E-state index in [0.717, 1.165) is 11.3 Å². The molecule has 8 heteroatoms. The van der Waals surface area contributed by atoms with Crippen LogP contribution in [0.3, 0.4) is 0 Å². The number of sulfonamides is 1. The third-order valence-electron chi connectivity index (χ3n) is 4.04. The second-order valence-electron chi connectivity index (χ2n) is 5.26. The Kier molecular flexibility index (Phi) is 4.48. The third kappa shape index (κ3) is 3.03. The first-order valence-electron chi connectivity index (χ1n) is 6.72. The predicted molar refractivity (Wildman–Crippen MR) is 77.7 cm³/mol. The molecule has 1 fully saturated rings. The molecule has 1 atom stereocenters. The number of aryl methyl sites for hydroxylation is 1. The van der Waals surface area contributed by atoms with Gasteiger partial charge in [0.1, 0.15) is 0 Å². The molecule has 0 amide bonds. The summed E-state index contributed by atoms with van der Waals surface area (Å²) in [5.41, 5.74) is 8.15. The van der Waals surface area contributed by atoms with Gasteiger partial charge in [0.2, 0.25) is 10.0 Å². The Morgan fingerprint density at radius 3 is 2.35 bits per heavy atom. The summed E-state index contributed by atoms with van der Waals surface area (Å²) in [5.74, 6) is 0. The van der Waals surface area contributed by atoms with E-state index in [4.69, 9.17) is 5.73 Å². The van der Waals surface area contributed by atoms with Crippen molar-refractivity contribution < 1.29 is 8.42 Å². The molecular weight excluding hydrogens is 278 g/mol. The average molecular weight is 301 g/mol. The third-order valence-corrected chi connectivity index (χ3v) is 5.34. The molecule has 1 aromatic rings. The van der Waals surface area contributed by atoms with Crippen LogP contribution < -0.4 is 5.73 Å². The fraction of sp³-hybridized carbons (Fsp3) is 0.750. The molecule has 2 rings (SSSR count). The van der Waals surface area contributed by atoms with E-state index in [1.54, 1.807) is 0 Å². The van der Waals surface area contributed by atoms with Crippen molar-refractivity contribution in [1.29, 1.82) is 0 Å². The van der Waals surface area contributed by atoms with Crippen molar-refractivity contribution in [3.05, 3.63) is 17.5 Å². The van der Waals surface area contributed by atoms with Gasteiger partial charge in [-0.1, -0.05) is 0 Å². The lowest BCUT2D eigenvalue weighted by atomic mass is 10.1. The normalized spacial score (nSPS) is 20.2. The van der Waals surface area contributed by atoms with E-state index in [1.807, 2.05) is 24.9 Å². The van der Waals surface area contributed by atoms with E-state index < -0.39 is 10.0 Å². The van der Waals surface area contributed by atoms with Crippen LogP contribution in [0.1, 0.15) is 17.3 Å². The molecule has 1 aliphatic rings. The number of hydrogen-bond acceptors (Lipinski definition) is 5. The molecule has 0 radical (unpaired) electrons. The highest BCUT2D eigenvalue weighted by atomic mass is 32.2. The van der Waals surface area contributed by atoms with Gasteiger partial charge in [-0.3, -0.25) is 9.58 Å². The number of piperazine rings is 1. The van der Waals surface area contributed by atoms with Crippen LogP contribution in [0.5, 0.6) is 0 Å². The highest BCUT2D eigenvalue weighted by molar-refractivity contribution is 7.88. The number of nitrogens with zero attached hydrogens (tertiary/aromatic N) is 4. The minimum atomic E-state index is -3.09.